The van der Waals surface area contributed by atoms with E-state index in [1.54, 1.807) is 0 Å². The summed E-state index contributed by atoms with van der Waals surface area (Å²) in [6.45, 7) is 0. The molecule has 0 aromatic heterocycles. The van der Waals surface area contributed by atoms with Gasteiger partial charge in [0.15, 0.2) is 0 Å². The Bertz CT molecular complexity index is 3.61. The maximum absolute atomic E-state index is 0. The van der Waals surface area contributed by atoms with Gasteiger partial charge in [0.2, 0.25) is 0 Å². The van der Waals surface area contributed by atoms with Crippen LogP contribution in [0.1, 0.15) is 0 Å². The van der Waals surface area contributed by atoms with Crippen molar-refractivity contribution in [1.29, 1.82) is 0 Å². The fourth-order valence-corrected chi connectivity index (χ4v) is 0. The molecule has 0 radical (unpaired) electrons. The minimum Gasteiger partial charge on any atom is -1.00 e. The maximum atomic E-state index is 0. The van der Waals surface area contributed by atoms with Crippen molar-refractivity contribution in [1.82, 2.24) is 0 Å². The van der Waals surface area contributed by atoms with Crippen LogP contribution in [0.5, 0.6) is 0 Å². The van der Waals surface area contributed by atoms with Crippen molar-refractivity contribution in [3.8, 4) is 0 Å². The molecule has 0 unspecified atom stereocenters. The van der Waals surface area contributed by atoms with Crippen LogP contribution in [0.3, 0.4) is 0 Å². The van der Waals surface area contributed by atoms with E-state index in [9.17, 15) is 0 Å². The maximum Gasteiger partial charge on any atom is 0 e. The number of hydrogen-bond acceptors (Lipinski definition) is 0. The molecule has 0 aliphatic rings. The smallest absolute Gasteiger partial charge is 0 e. The molecule has 0 fully saturated rings. The zero-order valence-electron chi connectivity index (χ0n) is 1.83. The van der Waals surface area contributed by atoms with Crippen LogP contribution in [0.15, 0.2) is 0 Å². The van der Waals surface area contributed by atoms with Gasteiger partial charge in [-0.2, -0.15) is 0 Å². The third kappa shape index (κ3) is 45.4. The first-order chi connectivity index (χ1) is 0. The fraction of sp³-hybridized carbons (Fsp3) is 0. The van der Waals surface area contributed by atoms with E-state index in [-0.39, 0.29) is 57.0 Å². The van der Waals surface area contributed by atoms with Gasteiger partial charge in [-0.3, -0.25) is 0 Å². The van der Waals surface area contributed by atoms with E-state index in [4.69, 9.17) is 0 Å². The summed E-state index contributed by atoms with van der Waals surface area (Å²) in [5.41, 5.74) is 0. The van der Waals surface area contributed by atoms with Crippen LogP contribution < -0.4 is 18.8 Å². The van der Waals surface area contributed by atoms with Gasteiger partial charge >= 0.3 is 0 Å². The first-order valence-corrected chi connectivity index (χ1v) is 0. The minimum atomic E-state index is 0. The van der Waals surface area contributed by atoms with E-state index in [1.807, 2.05) is 0 Å². The van der Waals surface area contributed by atoms with Gasteiger partial charge in [0.25, 0.3) is 0 Å². The predicted molar refractivity (Wildman–Crippen MR) is 0 cm³/mol. The van der Waals surface area contributed by atoms with Crippen molar-refractivity contribution >= 4 is 0 Å². The molecule has 0 aromatic carbocycles. The Kier molecular flexibility index (Phi) is 2450. The molecule has 0 nitrogen and oxygen atoms in total. The molecule has 0 saturated heterocycles. The Morgan fingerprint density at radius 1 is 0.400 bits per heavy atom. The normalized spacial score (nSPS) is 0. The molecule has 0 aromatic rings. The van der Waals surface area contributed by atoms with Gasteiger partial charge in [-0.25, -0.2) is 0 Å². The minimum absolute atomic E-state index is 0. The van der Waals surface area contributed by atoms with Crippen molar-refractivity contribution in [2.45, 2.75) is 0 Å². The fourth-order valence-electron chi connectivity index (χ4n) is 0. The van der Waals surface area contributed by atoms with Gasteiger partial charge in [-0.1, -0.05) is 0 Å². The Morgan fingerprint density at radius 3 is 0.400 bits per heavy atom. The third-order valence-corrected chi connectivity index (χ3v) is 0. The van der Waals surface area contributed by atoms with Crippen LogP contribution in [-0.4, -0.2) is 0 Å². The quantitative estimate of drug-likeness (QED) is 0.368. The van der Waals surface area contributed by atoms with Gasteiger partial charge in [0, 0.05) is 38.2 Å². The summed E-state index contributed by atoms with van der Waals surface area (Å²) in [6, 6.07) is 0. The van der Waals surface area contributed by atoms with Gasteiger partial charge in [-0.05, 0) is 0 Å². The van der Waals surface area contributed by atoms with Gasteiger partial charge in [0.05, 0.1) is 0 Å². The summed E-state index contributed by atoms with van der Waals surface area (Å²) in [5.74, 6) is 0. The SMILES string of the molecule is [Dy].[F-].[F-].[F-].[F-]. The second-order valence-electron chi connectivity index (χ2n) is 0. The molecule has 0 bridgehead atoms. The summed E-state index contributed by atoms with van der Waals surface area (Å²) in [5, 5.41) is 0. The Balaban J connectivity index is 0. The second-order valence-corrected chi connectivity index (χ2v) is 0. The van der Waals surface area contributed by atoms with E-state index in [0.717, 1.165) is 0 Å². The Labute approximate surface area is 56.8 Å². The molecule has 5 heteroatoms. The average molecular weight is 238 g/mol. The van der Waals surface area contributed by atoms with Crippen LogP contribution >= 0.6 is 0 Å². The van der Waals surface area contributed by atoms with Crippen LogP contribution in [0, 0.1) is 38.2 Å². The Morgan fingerprint density at radius 2 is 0.400 bits per heavy atom. The van der Waals surface area contributed by atoms with Crippen molar-refractivity contribution < 1.29 is 57.0 Å². The zero-order valence-corrected chi connectivity index (χ0v) is 3.86. The Hall–Kier alpha value is 0.993. The van der Waals surface area contributed by atoms with Crippen LogP contribution in [0.25, 0.3) is 0 Å². The van der Waals surface area contributed by atoms with Crippen LogP contribution in [0.4, 0.5) is 0 Å². The van der Waals surface area contributed by atoms with Gasteiger partial charge in [0.1, 0.15) is 0 Å². The first kappa shape index (κ1) is 152. The molecule has 0 spiro atoms. The molecule has 0 heterocycles. The van der Waals surface area contributed by atoms with E-state index in [2.05, 4.69) is 0 Å². The number of rotatable bonds is 0. The molecule has 42 valence electrons. The summed E-state index contributed by atoms with van der Waals surface area (Å²) < 4.78 is 0. The van der Waals surface area contributed by atoms with Crippen molar-refractivity contribution in [3.05, 3.63) is 0 Å². The molecule has 0 rings (SSSR count). The summed E-state index contributed by atoms with van der Waals surface area (Å²) in [6.07, 6.45) is 0. The monoisotopic (exact) mass is 240 g/mol. The molecule has 0 saturated carbocycles. The summed E-state index contributed by atoms with van der Waals surface area (Å²) in [4.78, 5) is 0. The predicted octanol–water partition coefficient (Wildman–Crippen LogP) is -12.0. The molecule has 5 heavy (non-hydrogen) atoms. The summed E-state index contributed by atoms with van der Waals surface area (Å²) >= 11 is 0. The molecule has 0 N–H and O–H groups in total. The van der Waals surface area contributed by atoms with Crippen molar-refractivity contribution in [2.75, 3.05) is 0 Å². The zero-order chi connectivity index (χ0) is 0. The van der Waals surface area contributed by atoms with Gasteiger partial charge < -0.3 is 18.8 Å². The number of halogens is 4. The summed E-state index contributed by atoms with van der Waals surface area (Å²) in [7, 11) is 0. The standard InChI is InChI=1S/Dy.4FH/h;4*1H/p-4. The molecule has 0 aliphatic carbocycles. The van der Waals surface area contributed by atoms with E-state index in [0.29, 0.717) is 0 Å². The van der Waals surface area contributed by atoms with Crippen molar-refractivity contribution in [2.24, 2.45) is 0 Å². The second kappa shape index (κ2) is 80.8. The largest absolute Gasteiger partial charge is 1.00 e. The topological polar surface area (TPSA) is 0 Å². The van der Waals surface area contributed by atoms with E-state index < -0.39 is 0 Å². The van der Waals surface area contributed by atoms with Crippen LogP contribution in [0.2, 0.25) is 0 Å². The van der Waals surface area contributed by atoms with Crippen LogP contribution in [-0.2, 0) is 0 Å². The average Bonchev–Trinajstić information content (AvgIpc) is 0. The van der Waals surface area contributed by atoms with Gasteiger partial charge in [-0.15, -0.1) is 0 Å². The molecule has 0 atom stereocenters. The van der Waals surface area contributed by atoms with E-state index >= 15 is 0 Å². The third-order valence-electron chi connectivity index (χ3n) is 0. The first-order valence-electron chi connectivity index (χ1n) is 0. The van der Waals surface area contributed by atoms with E-state index in [1.165, 1.54) is 0 Å². The molecular formula is DyF4-4. The molecule has 0 amide bonds. The molecular weight excluding hydrogens is 238 g/mol. The van der Waals surface area contributed by atoms with Crippen molar-refractivity contribution in [3.63, 3.8) is 0 Å². The molecule has 0 aliphatic heterocycles. The number of hydrogen-bond donors (Lipinski definition) is 0.